The van der Waals surface area contributed by atoms with Gasteiger partial charge in [-0.3, -0.25) is 4.79 Å². The summed E-state index contributed by atoms with van der Waals surface area (Å²) in [5, 5.41) is 3.92. The molecule has 90 valence electrons. The molecule has 0 radical (unpaired) electrons. The molecule has 0 spiro atoms. The zero-order valence-electron chi connectivity index (χ0n) is 9.53. The van der Waals surface area contributed by atoms with Crippen LogP contribution in [0, 0.1) is 11.8 Å². The van der Waals surface area contributed by atoms with Crippen LogP contribution < -0.4 is 5.32 Å². The van der Waals surface area contributed by atoms with Gasteiger partial charge in [0.1, 0.15) is 0 Å². The van der Waals surface area contributed by atoms with Gasteiger partial charge in [0.15, 0.2) is 0 Å². The van der Waals surface area contributed by atoms with Crippen molar-refractivity contribution in [3.8, 4) is 0 Å². The van der Waals surface area contributed by atoms with Crippen LogP contribution >= 0.6 is 11.6 Å². The number of rotatable bonds is 1. The van der Waals surface area contributed by atoms with Crippen molar-refractivity contribution in [3.05, 3.63) is 34.9 Å². The van der Waals surface area contributed by atoms with Crippen LogP contribution in [0.15, 0.2) is 24.3 Å². The second-order valence-electron chi connectivity index (χ2n) is 4.87. The second kappa shape index (κ2) is 4.31. The normalized spacial score (nSPS) is 27.2. The molecule has 2 aliphatic heterocycles. The Morgan fingerprint density at radius 1 is 1.24 bits per heavy atom. The number of benzene rings is 1. The standard InChI is InChI=1S/C13H15ClN2O/c14-12-4-2-1-3-11(12)13(17)16-7-9-5-15-6-10(9)8-16/h1-4,9-10,15H,5-8H2/t9-,10+. The third-order valence-electron chi connectivity index (χ3n) is 3.78. The summed E-state index contributed by atoms with van der Waals surface area (Å²) >= 11 is 6.06. The van der Waals surface area contributed by atoms with Crippen LogP contribution in [-0.2, 0) is 0 Å². The van der Waals surface area contributed by atoms with E-state index in [1.54, 1.807) is 12.1 Å². The highest BCUT2D eigenvalue weighted by molar-refractivity contribution is 6.33. The minimum Gasteiger partial charge on any atom is -0.338 e. The van der Waals surface area contributed by atoms with Gasteiger partial charge in [0.2, 0.25) is 0 Å². The molecule has 0 aliphatic carbocycles. The highest BCUT2D eigenvalue weighted by Crippen LogP contribution is 2.28. The van der Waals surface area contributed by atoms with Gasteiger partial charge in [-0.1, -0.05) is 23.7 Å². The molecule has 4 heteroatoms. The van der Waals surface area contributed by atoms with E-state index < -0.39 is 0 Å². The number of likely N-dealkylation sites (tertiary alicyclic amines) is 1. The number of hydrogen-bond acceptors (Lipinski definition) is 2. The van der Waals surface area contributed by atoms with Crippen LogP contribution in [0.25, 0.3) is 0 Å². The molecule has 2 aliphatic rings. The predicted octanol–water partition coefficient (Wildman–Crippen LogP) is 1.63. The van der Waals surface area contributed by atoms with Crippen molar-refractivity contribution in [2.24, 2.45) is 11.8 Å². The summed E-state index contributed by atoms with van der Waals surface area (Å²) in [5.41, 5.74) is 0.627. The number of hydrogen-bond donors (Lipinski definition) is 1. The lowest BCUT2D eigenvalue weighted by Gasteiger charge is -2.18. The van der Waals surface area contributed by atoms with Crippen LogP contribution in [0.5, 0.6) is 0 Å². The van der Waals surface area contributed by atoms with Gasteiger partial charge in [-0.15, -0.1) is 0 Å². The molecule has 1 aromatic rings. The molecule has 2 atom stereocenters. The van der Waals surface area contributed by atoms with E-state index in [-0.39, 0.29) is 5.91 Å². The fraction of sp³-hybridized carbons (Fsp3) is 0.462. The first-order valence-corrected chi connectivity index (χ1v) is 6.38. The number of nitrogens with zero attached hydrogens (tertiary/aromatic N) is 1. The van der Waals surface area contributed by atoms with Crippen LogP contribution in [0.1, 0.15) is 10.4 Å². The largest absolute Gasteiger partial charge is 0.338 e. The van der Waals surface area contributed by atoms with Gasteiger partial charge in [0.05, 0.1) is 10.6 Å². The molecule has 3 rings (SSSR count). The number of nitrogens with one attached hydrogen (secondary N) is 1. The summed E-state index contributed by atoms with van der Waals surface area (Å²) in [6.45, 7) is 3.80. The summed E-state index contributed by atoms with van der Waals surface area (Å²) < 4.78 is 0. The van der Waals surface area contributed by atoms with Crippen LogP contribution in [0.2, 0.25) is 5.02 Å². The van der Waals surface area contributed by atoms with Gasteiger partial charge >= 0.3 is 0 Å². The molecule has 0 aromatic heterocycles. The van der Waals surface area contributed by atoms with Crippen molar-refractivity contribution in [1.82, 2.24) is 10.2 Å². The highest BCUT2D eigenvalue weighted by Gasteiger charge is 2.38. The summed E-state index contributed by atoms with van der Waals surface area (Å²) in [5.74, 6) is 1.33. The lowest BCUT2D eigenvalue weighted by Crippen LogP contribution is -2.32. The molecule has 1 aromatic carbocycles. The van der Waals surface area contributed by atoms with E-state index >= 15 is 0 Å². The Kier molecular flexibility index (Phi) is 2.81. The summed E-state index contributed by atoms with van der Waals surface area (Å²) in [6.07, 6.45) is 0. The Balaban J connectivity index is 1.78. The SMILES string of the molecule is O=C(c1ccccc1Cl)N1C[C@H]2CNC[C@H]2C1. The molecule has 2 fully saturated rings. The molecular weight excluding hydrogens is 236 g/mol. The third-order valence-corrected chi connectivity index (χ3v) is 4.11. The number of amides is 1. The maximum Gasteiger partial charge on any atom is 0.255 e. The van der Waals surface area contributed by atoms with E-state index in [1.807, 2.05) is 17.0 Å². The zero-order valence-corrected chi connectivity index (χ0v) is 10.3. The van der Waals surface area contributed by atoms with Crippen LogP contribution in [-0.4, -0.2) is 37.0 Å². The van der Waals surface area contributed by atoms with Crippen LogP contribution in [0.3, 0.4) is 0 Å². The smallest absolute Gasteiger partial charge is 0.255 e. The summed E-state index contributed by atoms with van der Waals surface area (Å²) in [7, 11) is 0. The van der Waals surface area contributed by atoms with Crippen molar-refractivity contribution < 1.29 is 4.79 Å². The van der Waals surface area contributed by atoms with Crippen molar-refractivity contribution >= 4 is 17.5 Å². The topological polar surface area (TPSA) is 32.3 Å². The van der Waals surface area contributed by atoms with E-state index in [4.69, 9.17) is 11.6 Å². The van der Waals surface area contributed by atoms with Crippen molar-refractivity contribution in [3.63, 3.8) is 0 Å². The van der Waals surface area contributed by atoms with Crippen molar-refractivity contribution in [1.29, 1.82) is 0 Å². The lowest BCUT2D eigenvalue weighted by molar-refractivity contribution is 0.0782. The maximum absolute atomic E-state index is 12.3. The quantitative estimate of drug-likeness (QED) is 0.822. The Morgan fingerprint density at radius 2 is 1.88 bits per heavy atom. The average Bonchev–Trinajstić information content (AvgIpc) is 2.88. The van der Waals surface area contributed by atoms with E-state index in [2.05, 4.69) is 5.32 Å². The number of carbonyl (C=O) groups is 1. The minimum atomic E-state index is 0.0741. The number of halogens is 1. The van der Waals surface area contributed by atoms with Gasteiger partial charge in [0, 0.05) is 26.2 Å². The van der Waals surface area contributed by atoms with E-state index in [0.29, 0.717) is 22.4 Å². The monoisotopic (exact) mass is 250 g/mol. The molecule has 0 unspecified atom stereocenters. The van der Waals surface area contributed by atoms with Crippen molar-refractivity contribution in [2.75, 3.05) is 26.2 Å². The van der Waals surface area contributed by atoms with Gasteiger partial charge < -0.3 is 10.2 Å². The van der Waals surface area contributed by atoms with E-state index in [0.717, 1.165) is 26.2 Å². The molecule has 1 amide bonds. The molecular formula is C13H15ClN2O. The Hall–Kier alpha value is -1.06. The first kappa shape index (κ1) is 11.1. The molecule has 0 saturated carbocycles. The molecule has 3 nitrogen and oxygen atoms in total. The predicted molar refractivity (Wildman–Crippen MR) is 67.2 cm³/mol. The molecule has 1 N–H and O–H groups in total. The highest BCUT2D eigenvalue weighted by atomic mass is 35.5. The molecule has 2 saturated heterocycles. The van der Waals surface area contributed by atoms with Gasteiger partial charge in [-0.2, -0.15) is 0 Å². The lowest BCUT2D eigenvalue weighted by atomic mass is 10.0. The maximum atomic E-state index is 12.3. The minimum absolute atomic E-state index is 0.0741. The first-order valence-electron chi connectivity index (χ1n) is 6.00. The summed E-state index contributed by atoms with van der Waals surface area (Å²) in [6, 6.07) is 7.28. The molecule has 17 heavy (non-hydrogen) atoms. The fourth-order valence-corrected chi connectivity index (χ4v) is 3.04. The molecule has 2 heterocycles. The third kappa shape index (κ3) is 1.94. The Bertz CT molecular complexity index is 437. The van der Waals surface area contributed by atoms with Crippen LogP contribution in [0.4, 0.5) is 0 Å². The second-order valence-corrected chi connectivity index (χ2v) is 5.28. The fourth-order valence-electron chi connectivity index (χ4n) is 2.83. The number of carbonyl (C=O) groups excluding carboxylic acids is 1. The zero-order chi connectivity index (χ0) is 11.8. The van der Waals surface area contributed by atoms with Gasteiger partial charge in [-0.25, -0.2) is 0 Å². The first-order chi connectivity index (χ1) is 8.25. The Morgan fingerprint density at radius 3 is 2.53 bits per heavy atom. The van der Waals surface area contributed by atoms with Gasteiger partial charge in [-0.05, 0) is 24.0 Å². The molecule has 0 bridgehead atoms. The average molecular weight is 251 g/mol. The van der Waals surface area contributed by atoms with E-state index in [1.165, 1.54) is 0 Å². The number of fused-ring (bicyclic) bond motifs is 1. The summed E-state index contributed by atoms with van der Waals surface area (Å²) in [4.78, 5) is 14.3. The Labute approximate surface area is 106 Å². The van der Waals surface area contributed by atoms with E-state index in [9.17, 15) is 4.79 Å². The van der Waals surface area contributed by atoms with Gasteiger partial charge in [0.25, 0.3) is 5.91 Å². The van der Waals surface area contributed by atoms with Crippen molar-refractivity contribution in [2.45, 2.75) is 0 Å².